The first-order chi connectivity index (χ1) is 8.53. The van der Waals surface area contributed by atoms with E-state index >= 15 is 0 Å². The number of halogens is 1. The number of hydrogen-bond donors (Lipinski definition) is 2. The highest BCUT2D eigenvalue weighted by Crippen LogP contribution is 2.25. The molecule has 1 saturated heterocycles. The molecule has 1 aliphatic heterocycles. The lowest BCUT2D eigenvalue weighted by Crippen LogP contribution is -2.57. The molecule has 2 N–H and O–H groups in total. The molecular formula is C11H12ClNO4S. The van der Waals surface area contributed by atoms with Crippen LogP contribution in [0.3, 0.4) is 0 Å². The summed E-state index contributed by atoms with van der Waals surface area (Å²) in [6.45, 7) is 0.662. The van der Waals surface area contributed by atoms with E-state index in [0.717, 1.165) is 11.3 Å². The van der Waals surface area contributed by atoms with Gasteiger partial charge in [-0.2, -0.15) is 0 Å². The fourth-order valence-electron chi connectivity index (χ4n) is 1.83. The maximum atomic E-state index is 12.0. The molecule has 7 heteroatoms. The van der Waals surface area contributed by atoms with Gasteiger partial charge in [0.1, 0.15) is 5.54 Å². The Morgan fingerprint density at radius 3 is 2.56 bits per heavy atom. The van der Waals surface area contributed by atoms with Crippen LogP contribution in [0.4, 0.5) is 0 Å². The van der Waals surface area contributed by atoms with E-state index in [1.54, 1.807) is 12.1 Å². The Kier molecular flexibility index (Phi) is 3.89. The van der Waals surface area contributed by atoms with Crippen molar-refractivity contribution in [2.24, 2.45) is 0 Å². The van der Waals surface area contributed by atoms with Crippen molar-refractivity contribution in [1.82, 2.24) is 5.32 Å². The number of carbonyl (C=O) groups excluding carboxylic acids is 1. The average Bonchev–Trinajstić information content (AvgIpc) is 2.77. The number of carbonyl (C=O) groups is 2. The molecule has 1 fully saturated rings. The third kappa shape index (κ3) is 2.66. The number of carboxylic acids is 1. The molecule has 0 radical (unpaired) electrons. The lowest BCUT2D eigenvalue weighted by atomic mass is 9.90. The Labute approximate surface area is 113 Å². The zero-order chi connectivity index (χ0) is 13.2. The van der Waals surface area contributed by atoms with E-state index in [2.05, 4.69) is 5.32 Å². The second-order valence-corrected chi connectivity index (χ2v) is 5.77. The minimum absolute atomic E-state index is 0.271. The first-order valence-corrected chi connectivity index (χ1v) is 6.62. The molecular weight excluding hydrogens is 278 g/mol. The van der Waals surface area contributed by atoms with Crippen LogP contribution in [0.25, 0.3) is 0 Å². The molecule has 0 saturated carbocycles. The second kappa shape index (κ2) is 5.26. The number of nitrogens with one attached hydrogen (secondary N) is 1. The Hall–Kier alpha value is -1.11. The highest BCUT2D eigenvalue weighted by Gasteiger charge is 2.41. The summed E-state index contributed by atoms with van der Waals surface area (Å²) in [4.78, 5) is 23.7. The van der Waals surface area contributed by atoms with E-state index < -0.39 is 17.4 Å². The number of aliphatic carboxylic acids is 1. The van der Waals surface area contributed by atoms with Crippen LogP contribution in [0.1, 0.15) is 22.5 Å². The SMILES string of the molecule is O=C(NC1(C(=O)O)CCOCC1)c1ccc(Cl)s1. The van der Waals surface area contributed by atoms with Gasteiger partial charge < -0.3 is 15.2 Å². The van der Waals surface area contributed by atoms with E-state index in [4.69, 9.17) is 16.3 Å². The van der Waals surface area contributed by atoms with Crippen LogP contribution in [0.15, 0.2) is 12.1 Å². The number of ether oxygens (including phenoxy) is 1. The van der Waals surface area contributed by atoms with E-state index in [1.165, 1.54) is 0 Å². The highest BCUT2D eigenvalue weighted by molar-refractivity contribution is 7.18. The summed E-state index contributed by atoms with van der Waals surface area (Å²) >= 11 is 6.87. The topological polar surface area (TPSA) is 75.6 Å². The van der Waals surface area contributed by atoms with Crippen molar-refractivity contribution in [3.8, 4) is 0 Å². The van der Waals surface area contributed by atoms with E-state index in [1.807, 2.05) is 0 Å². The van der Waals surface area contributed by atoms with Gasteiger partial charge >= 0.3 is 5.97 Å². The van der Waals surface area contributed by atoms with E-state index in [0.29, 0.717) is 22.4 Å². The third-order valence-electron chi connectivity index (χ3n) is 2.91. The summed E-state index contributed by atoms with van der Waals surface area (Å²) in [5, 5.41) is 11.9. The van der Waals surface area contributed by atoms with Crippen LogP contribution in [0.5, 0.6) is 0 Å². The molecule has 2 rings (SSSR count). The summed E-state index contributed by atoms with van der Waals surface area (Å²) in [7, 11) is 0. The van der Waals surface area contributed by atoms with Crippen molar-refractivity contribution in [3.05, 3.63) is 21.3 Å². The predicted molar refractivity (Wildman–Crippen MR) is 67.2 cm³/mol. The Balaban J connectivity index is 2.14. The zero-order valence-corrected chi connectivity index (χ0v) is 11.0. The molecule has 18 heavy (non-hydrogen) atoms. The first kappa shape index (κ1) is 13.3. The second-order valence-electron chi connectivity index (χ2n) is 4.06. The molecule has 1 aromatic heterocycles. The van der Waals surface area contributed by atoms with Gasteiger partial charge in [0.05, 0.1) is 9.21 Å². The van der Waals surface area contributed by atoms with Crippen LogP contribution < -0.4 is 5.32 Å². The van der Waals surface area contributed by atoms with Gasteiger partial charge in [-0.3, -0.25) is 4.79 Å². The molecule has 1 aromatic rings. The van der Waals surface area contributed by atoms with Crippen molar-refractivity contribution in [3.63, 3.8) is 0 Å². The number of amides is 1. The van der Waals surface area contributed by atoms with Crippen molar-refractivity contribution in [2.45, 2.75) is 18.4 Å². The Morgan fingerprint density at radius 1 is 1.39 bits per heavy atom. The molecule has 1 amide bonds. The molecule has 0 unspecified atom stereocenters. The van der Waals surface area contributed by atoms with Gasteiger partial charge in [-0.05, 0) is 12.1 Å². The average molecular weight is 290 g/mol. The summed E-state index contributed by atoms with van der Waals surface area (Å²) in [5.41, 5.74) is -1.23. The van der Waals surface area contributed by atoms with Crippen LogP contribution in [0, 0.1) is 0 Å². The number of carboxylic acid groups (broad SMARTS) is 1. The maximum Gasteiger partial charge on any atom is 0.329 e. The third-order valence-corrected chi connectivity index (χ3v) is 4.14. The lowest BCUT2D eigenvalue weighted by Gasteiger charge is -2.33. The molecule has 0 aliphatic carbocycles. The number of thiophene rings is 1. The van der Waals surface area contributed by atoms with E-state index in [9.17, 15) is 14.7 Å². The molecule has 1 aliphatic rings. The quantitative estimate of drug-likeness (QED) is 0.889. The standard InChI is InChI=1S/C11H12ClNO4S/c12-8-2-1-7(18-8)9(14)13-11(10(15)16)3-5-17-6-4-11/h1-2H,3-6H2,(H,13,14)(H,15,16). The fraction of sp³-hybridized carbons (Fsp3) is 0.455. The normalized spacial score (nSPS) is 18.3. The van der Waals surface area contributed by atoms with Gasteiger partial charge in [0.15, 0.2) is 0 Å². The largest absolute Gasteiger partial charge is 0.480 e. The highest BCUT2D eigenvalue weighted by atomic mass is 35.5. The monoisotopic (exact) mass is 289 g/mol. The number of rotatable bonds is 3. The molecule has 98 valence electrons. The molecule has 0 spiro atoms. The first-order valence-electron chi connectivity index (χ1n) is 5.42. The van der Waals surface area contributed by atoms with Gasteiger partial charge in [0.25, 0.3) is 5.91 Å². The molecule has 0 atom stereocenters. The minimum atomic E-state index is -1.23. The summed E-state index contributed by atoms with van der Waals surface area (Å²) in [5.74, 6) is -1.43. The van der Waals surface area contributed by atoms with Gasteiger partial charge in [-0.1, -0.05) is 11.6 Å². The molecule has 2 heterocycles. The molecule has 0 bridgehead atoms. The fourth-order valence-corrected chi connectivity index (χ4v) is 2.77. The van der Waals surface area contributed by atoms with Gasteiger partial charge in [-0.25, -0.2) is 4.79 Å². The smallest absolute Gasteiger partial charge is 0.329 e. The molecule has 5 nitrogen and oxygen atoms in total. The van der Waals surface area contributed by atoms with Crippen molar-refractivity contribution in [1.29, 1.82) is 0 Å². The Bertz CT molecular complexity index is 467. The lowest BCUT2D eigenvalue weighted by molar-refractivity contribution is -0.148. The van der Waals surface area contributed by atoms with Gasteiger partial charge in [0, 0.05) is 26.1 Å². The Morgan fingerprint density at radius 2 is 2.06 bits per heavy atom. The zero-order valence-electron chi connectivity index (χ0n) is 9.44. The maximum absolute atomic E-state index is 12.0. The summed E-state index contributed by atoms with van der Waals surface area (Å²) in [6.07, 6.45) is 0.542. The van der Waals surface area contributed by atoms with Gasteiger partial charge in [0.2, 0.25) is 0 Å². The van der Waals surface area contributed by atoms with Crippen LogP contribution in [-0.2, 0) is 9.53 Å². The van der Waals surface area contributed by atoms with Crippen LogP contribution in [0.2, 0.25) is 4.34 Å². The van der Waals surface area contributed by atoms with Crippen LogP contribution in [-0.4, -0.2) is 35.7 Å². The summed E-state index contributed by atoms with van der Waals surface area (Å²) in [6, 6.07) is 3.19. The number of hydrogen-bond acceptors (Lipinski definition) is 4. The predicted octanol–water partition coefficient (Wildman–Crippen LogP) is 1.77. The molecule has 0 aromatic carbocycles. The van der Waals surface area contributed by atoms with Crippen molar-refractivity contribution in [2.75, 3.05) is 13.2 Å². The van der Waals surface area contributed by atoms with Crippen molar-refractivity contribution < 1.29 is 19.4 Å². The van der Waals surface area contributed by atoms with Gasteiger partial charge in [-0.15, -0.1) is 11.3 Å². The van der Waals surface area contributed by atoms with E-state index in [-0.39, 0.29) is 12.8 Å². The summed E-state index contributed by atoms with van der Waals surface area (Å²) < 4.78 is 5.63. The minimum Gasteiger partial charge on any atom is -0.480 e. The van der Waals surface area contributed by atoms with Crippen LogP contribution >= 0.6 is 22.9 Å². The van der Waals surface area contributed by atoms with Crippen molar-refractivity contribution >= 4 is 34.8 Å².